The van der Waals surface area contributed by atoms with E-state index < -0.39 is 15.9 Å². The van der Waals surface area contributed by atoms with Gasteiger partial charge in [0.2, 0.25) is 0 Å². The van der Waals surface area contributed by atoms with Gasteiger partial charge in [-0.05, 0) is 19.8 Å². The molecule has 5 heteroatoms. The molecule has 0 bridgehead atoms. The van der Waals surface area contributed by atoms with Crippen molar-refractivity contribution >= 4 is 9.84 Å². The van der Waals surface area contributed by atoms with Crippen LogP contribution in [-0.2, 0) is 14.6 Å². The molecular formula is C9H18O4S. The van der Waals surface area contributed by atoms with Crippen LogP contribution in [0.5, 0.6) is 0 Å². The summed E-state index contributed by atoms with van der Waals surface area (Å²) >= 11 is 0. The monoisotopic (exact) mass is 222 g/mol. The van der Waals surface area contributed by atoms with E-state index in [0.29, 0.717) is 13.0 Å². The number of rotatable bonds is 4. The quantitative estimate of drug-likeness (QED) is 0.738. The van der Waals surface area contributed by atoms with E-state index in [-0.39, 0.29) is 17.8 Å². The molecule has 1 rings (SSSR count). The molecule has 4 nitrogen and oxygen atoms in total. The van der Waals surface area contributed by atoms with Crippen molar-refractivity contribution < 1.29 is 18.3 Å². The first-order valence-electron chi connectivity index (χ1n) is 4.86. The summed E-state index contributed by atoms with van der Waals surface area (Å²) in [6, 6.07) is 0. The molecule has 14 heavy (non-hydrogen) atoms. The molecule has 0 aromatic rings. The van der Waals surface area contributed by atoms with Gasteiger partial charge < -0.3 is 9.84 Å². The van der Waals surface area contributed by atoms with E-state index in [1.807, 2.05) is 6.92 Å². The van der Waals surface area contributed by atoms with Gasteiger partial charge in [-0.25, -0.2) is 8.42 Å². The van der Waals surface area contributed by atoms with Gasteiger partial charge in [-0.2, -0.15) is 0 Å². The number of aliphatic hydroxyl groups excluding tert-OH is 1. The zero-order valence-electron chi connectivity index (χ0n) is 8.64. The van der Waals surface area contributed by atoms with Crippen LogP contribution in [0.4, 0.5) is 0 Å². The zero-order chi connectivity index (χ0) is 10.8. The summed E-state index contributed by atoms with van der Waals surface area (Å²) in [6.07, 6.45) is 1.97. The van der Waals surface area contributed by atoms with Crippen LogP contribution in [-0.4, -0.2) is 44.3 Å². The van der Waals surface area contributed by atoms with E-state index in [4.69, 9.17) is 4.74 Å². The van der Waals surface area contributed by atoms with Gasteiger partial charge in [0.15, 0.2) is 0 Å². The predicted molar refractivity (Wildman–Crippen MR) is 53.9 cm³/mol. The Kier molecular flexibility index (Phi) is 3.92. The molecule has 0 aromatic carbocycles. The van der Waals surface area contributed by atoms with E-state index in [0.717, 1.165) is 6.42 Å². The lowest BCUT2D eigenvalue weighted by atomic mass is 9.98. The first kappa shape index (κ1) is 11.9. The first-order chi connectivity index (χ1) is 6.38. The van der Waals surface area contributed by atoms with Gasteiger partial charge >= 0.3 is 0 Å². The highest BCUT2D eigenvalue weighted by atomic mass is 32.2. The van der Waals surface area contributed by atoms with Gasteiger partial charge in [-0.3, -0.25) is 0 Å². The maximum atomic E-state index is 10.9. The van der Waals surface area contributed by atoms with E-state index in [1.54, 1.807) is 0 Å². The maximum absolute atomic E-state index is 10.9. The Bertz CT molecular complexity index is 273. The largest absolute Gasteiger partial charge is 0.393 e. The molecule has 84 valence electrons. The second-order valence-electron chi connectivity index (χ2n) is 4.13. The van der Waals surface area contributed by atoms with Crippen molar-refractivity contribution in [2.24, 2.45) is 5.92 Å². The molecule has 3 unspecified atom stereocenters. The zero-order valence-corrected chi connectivity index (χ0v) is 9.46. The average molecular weight is 222 g/mol. The Morgan fingerprint density at radius 1 is 1.57 bits per heavy atom. The average Bonchev–Trinajstić information content (AvgIpc) is 2.46. The first-order valence-corrected chi connectivity index (χ1v) is 6.92. The topological polar surface area (TPSA) is 63.6 Å². The third-order valence-electron chi connectivity index (χ3n) is 2.56. The van der Waals surface area contributed by atoms with Crippen molar-refractivity contribution in [1.29, 1.82) is 0 Å². The highest BCUT2D eigenvalue weighted by Gasteiger charge is 2.28. The molecule has 0 saturated carbocycles. The third kappa shape index (κ3) is 3.94. The minimum absolute atomic E-state index is 0.0546. The normalized spacial score (nSPS) is 30.5. The molecule has 0 spiro atoms. The lowest BCUT2D eigenvalue weighted by molar-refractivity contribution is 0.0788. The smallest absolute Gasteiger partial charge is 0.147 e. The molecule has 1 fully saturated rings. The summed E-state index contributed by atoms with van der Waals surface area (Å²) in [7, 11) is -2.96. The van der Waals surface area contributed by atoms with Crippen molar-refractivity contribution in [1.82, 2.24) is 0 Å². The maximum Gasteiger partial charge on any atom is 0.147 e. The summed E-state index contributed by atoms with van der Waals surface area (Å²) < 4.78 is 27.1. The molecule has 0 radical (unpaired) electrons. The number of hydrogen-bond donors (Lipinski definition) is 1. The summed E-state index contributed by atoms with van der Waals surface area (Å²) in [6.45, 7) is 2.51. The second kappa shape index (κ2) is 4.59. The second-order valence-corrected chi connectivity index (χ2v) is 6.39. The highest BCUT2D eigenvalue weighted by molar-refractivity contribution is 7.90. The Hall–Kier alpha value is -0.130. The van der Waals surface area contributed by atoms with Crippen LogP contribution in [0.2, 0.25) is 0 Å². The number of ether oxygens (including phenoxy) is 1. The minimum atomic E-state index is -2.96. The standard InChI is InChI=1S/C9H18O4S/c1-7-5-8(6-13-7)9(10)3-4-14(2,11)12/h7-10H,3-6H2,1-2H3. The Morgan fingerprint density at radius 2 is 2.21 bits per heavy atom. The molecular weight excluding hydrogens is 204 g/mol. The predicted octanol–water partition coefficient (Wildman–Crippen LogP) is 0.207. The van der Waals surface area contributed by atoms with E-state index in [1.165, 1.54) is 6.26 Å². The van der Waals surface area contributed by atoms with Crippen LogP contribution in [0.3, 0.4) is 0 Å². The Labute approximate surface area is 85.2 Å². The molecule has 3 atom stereocenters. The third-order valence-corrected chi connectivity index (χ3v) is 3.54. The minimum Gasteiger partial charge on any atom is -0.393 e. The molecule has 0 amide bonds. The number of aliphatic hydroxyl groups is 1. The molecule has 1 saturated heterocycles. The van der Waals surface area contributed by atoms with Crippen molar-refractivity contribution in [2.75, 3.05) is 18.6 Å². The summed E-state index contributed by atoms with van der Waals surface area (Å²) in [5, 5.41) is 9.69. The van der Waals surface area contributed by atoms with Gasteiger partial charge in [0, 0.05) is 12.2 Å². The molecule has 1 N–H and O–H groups in total. The lowest BCUT2D eigenvalue weighted by Crippen LogP contribution is -2.23. The SMILES string of the molecule is CC1CC(C(O)CCS(C)(=O)=O)CO1. The Morgan fingerprint density at radius 3 is 2.64 bits per heavy atom. The highest BCUT2D eigenvalue weighted by Crippen LogP contribution is 2.23. The molecule has 1 heterocycles. The van der Waals surface area contributed by atoms with Crippen LogP contribution in [0, 0.1) is 5.92 Å². The fourth-order valence-electron chi connectivity index (χ4n) is 1.69. The van der Waals surface area contributed by atoms with Crippen molar-refractivity contribution in [3.8, 4) is 0 Å². The van der Waals surface area contributed by atoms with Crippen LogP contribution in [0.25, 0.3) is 0 Å². The van der Waals surface area contributed by atoms with Crippen molar-refractivity contribution in [3.05, 3.63) is 0 Å². The summed E-state index contributed by atoms with van der Waals surface area (Å²) in [5.74, 6) is 0.158. The fraction of sp³-hybridized carbons (Fsp3) is 1.00. The lowest BCUT2D eigenvalue weighted by Gasteiger charge is -2.15. The van der Waals surface area contributed by atoms with E-state index in [9.17, 15) is 13.5 Å². The molecule has 0 aromatic heterocycles. The molecule has 1 aliphatic rings. The summed E-state index contributed by atoms with van der Waals surface area (Å²) in [4.78, 5) is 0. The van der Waals surface area contributed by atoms with Gasteiger partial charge in [-0.1, -0.05) is 0 Å². The van der Waals surface area contributed by atoms with Gasteiger partial charge in [-0.15, -0.1) is 0 Å². The van der Waals surface area contributed by atoms with Gasteiger partial charge in [0.1, 0.15) is 9.84 Å². The van der Waals surface area contributed by atoms with E-state index >= 15 is 0 Å². The number of hydrogen-bond acceptors (Lipinski definition) is 4. The van der Waals surface area contributed by atoms with Crippen LogP contribution in [0.15, 0.2) is 0 Å². The van der Waals surface area contributed by atoms with Crippen molar-refractivity contribution in [3.63, 3.8) is 0 Å². The van der Waals surface area contributed by atoms with Crippen LogP contribution >= 0.6 is 0 Å². The van der Waals surface area contributed by atoms with Gasteiger partial charge in [0.25, 0.3) is 0 Å². The molecule has 0 aliphatic carbocycles. The van der Waals surface area contributed by atoms with E-state index in [2.05, 4.69) is 0 Å². The summed E-state index contributed by atoms with van der Waals surface area (Å²) in [5.41, 5.74) is 0. The van der Waals surface area contributed by atoms with Gasteiger partial charge in [0.05, 0.1) is 24.6 Å². The van der Waals surface area contributed by atoms with Crippen molar-refractivity contribution in [2.45, 2.75) is 32.0 Å². The molecule has 1 aliphatic heterocycles. The Balaban J connectivity index is 2.32. The fourth-order valence-corrected chi connectivity index (χ4v) is 2.36. The number of sulfone groups is 1. The van der Waals surface area contributed by atoms with Crippen LogP contribution < -0.4 is 0 Å². The van der Waals surface area contributed by atoms with Crippen LogP contribution in [0.1, 0.15) is 19.8 Å².